The van der Waals surface area contributed by atoms with Gasteiger partial charge in [0.05, 0.1) is 0 Å². The lowest BCUT2D eigenvalue weighted by Gasteiger charge is -2.02. The molecular formula is C6H12N2O2S. The Bertz CT molecular complexity index is 221. The minimum Gasteiger partial charge on any atom is -0.362 e. The Morgan fingerprint density at radius 2 is 2.09 bits per heavy atom. The second-order valence-corrected chi connectivity index (χ2v) is 3.98. The van der Waals surface area contributed by atoms with E-state index >= 15 is 0 Å². The van der Waals surface area contributed by atoms with Gasteiger partial charge < -0.3 is 5.53 Å². The highest BCUT2D eigenvalue weighted by atomic mass is 32.2. The fourth-order valence-corrected chi connectivity index (χ4v) is 1.52. The summed E-state index contributed by atoms with van der Waals surface area (Å²) in [4.78, 5) is 2.70. The average molecular weight is 176 g/mol. The van der Waals surface area contributed by atoms with Gasteiger partial charge in [-0.3, -0.25) is 0 Å². The highest BCUT2D eigenvalue weighted by Crippen LogP contribution is 2.04. The summed E-state index contributed by atoms with van der Waals surface area (Å²) in [6, 6.07) is 0. The van der Waals surface area contributed by atoms with Crippen LogP contribution in [0.5, 0.6) is 0 Å². The van der Waals surface area contributed by atoms with Crippen molar-refractivity contribution in [2.45, 2.75) is 25.5 Å². The summed E-state index contributed by atoms with van der Waals surface area (Å²) in [7, 11) is -2.51. The van der Waals surface area contributed by atoms with E-state index in [1.807, 2.05) is 13.8 Å². The van der Waals surface area contributed by atoms with Crippen molar-refractivity contribution in [1.29, 1.82) is 0 Å². The van der Waals surface area contributed by atoms with Crippen molar-refractivity contribution in [2.75, 3.05) is 0 Å². The minimum absolute atomic E-state index is 0.283. The zero-order chi connectivity index (χ0) is 8.85. The number of nitrogens with zero attached hydrogens (tertiary/aromatic N) is 2. The third-order valence-corrected chi connectivity index (χ3v) is 2.11. The van der Waals surface area contributed by atoms with E-state index in [4.69, 9.17) is 5.53 Å². The fraction of sp³-hybridized carbons (Fsp3) is 0.833. The quantitative estimate of drug-likeness (QED) is 0.290. The lowest BCUT2D eigenvalue weighted by Crippen LogP contribution is -2.14. The summed E-state index contributed by atoms with van der Waals surface area (Å²) < 4.78 is 20.9. The first-order valence-corrected chi connectivity index (χ1v) is 4.63. The zero-order valence-corrected chi connectivity index (χ0v) is 7.49. The second kappa shape index (κ2) is 5.04. The Hall–Kier alpha value is -0.670. The van der Waals surface area contributed by atoms with E-state index in [9.17, 15) is 8.42 Å². The van der Waals surface area contributed by atoms with Crippen molar-refractivity contribution < 1.29 is 13.2 Å². The van der Waals surface area contributed by atoms with Crippen LogP contribution in [-0.4, -0.2) is 24.7 Å². The van der Waals surface area contributed by atoms with Crippen LogP contribution in [0.3, 0.4) is 0 Å². The van der Waals surface area contributed by atoms with Gasteiger partial charge in [0.2, 0.25) is 0 Å². The highest BCUT2D eigenvalue weighted by Gasteiger charge is 2.14. The summed E-state index contributed by atoms with van der Waals surface area (Å²) in [5.41, 5.74) is 8.10. The van der Waals surface area contributed by atoms with Crippen LogP contribution in [0.2, 0.25) is 0 Å². The Balaban J connectivity index is 4.23. The molecule has 0 spiro atoms. The van der Waals surface area contributed by atoms with Crippen molar-refractivity contribution in [3.05, 3.63) is 5.53 Å². The van der Waals surface area contributed by atoms with Gasteiger partial charge in [0, 0.05) is 0 Å². The van der Waals surface area contributed by atoms with Crippen molar-refractivity contribution in [1.82, 2.24) is 0 Å². The molecule has 64 valence electrons. The zero-order valence-electron chi connectivity index (χ0n) is 6.60. The SMILES string of the molecule is CC(C)CC(C=[N+]=[N-])[SH](=O)=O. The van der Waals surface area contributed by atoms with Crippen LogP contribution in [-0.2, 0) is 10.7 Å². The lowest BCUT2D eigenvalue weighted by atomic mass is 10.1. The van der Waals surface area contributed by atoms with E-state index in [0.29, 0.717) is 6.42 Å². The van der Waals surface area contributed by atoms with Gasteiger partial charge in [0.15, 0.2) is 16.0 Å². The molecule has 5 heteroatoms. The molecule has 0 aromatic carbocycles. The van der Waals surface area contributed by atoms with Crippen LogP contribution in [0, 0.1) is 5.92 Å². The molecule has 0 bridgehead atoms. The molecule has 4 nitrogen and oxygen atoms in total. The Morgan fingerprint density at radius 3 is 2.36 bits per heavy atom. The van der Waals surface area contributed by atoms with E-state index < -0.39 is 16.0 Å². The molecule has 11 heavy (non-hydrogen) atoms. The first kappa shape index (κ1) is 10.3. The van der Waals surface area contributed by atoms with Crippen molar-refractivity contribution in [3.8, 4) is 0 Å². The molecule has 0 fully saturated rings. The van der Waals surface area contributed by atoms with Crippen LogP contribution < -0.4 is 0 Å². The largest absolute Gasteiger partial charge is 0.362 e. The molecule has 0 aromatic heterocycles. The molecule has 0 saturated carbocycles. The Kier molecular flexibility index (Phi) is 4.74. The highest BCUT2D eigenvalue weighted by molar-refractivity contribution is 7.74. The van der Waals surface area contributed by atoms with Gasteiger partial charge in [0.1, 0.15) is 0 Å². The first-order valence-electron chi connectivity index (χ1n) is 3.39. The van der Waals surface area contributed by atoms with Gasteiger partial charge in [-0.25, -0.2) is 8.42 Å². The van der Waals surface area contributed by atoms with Gasteiger partial charge in [-0.1, -0.05) is 13.8 Å². The van der Waals surface area contributed by atoms with E-state index in [2.05, 4.69) is 4.79 Å². The van der Waals surface area contributed by atoms with Crippen LogP contribution in [0.1, 0.15) is 20.3 Å². The molecule has 0 rings (SSSR count). The van der Waals surface area contributed by atoms with Crippen LogP contribution >= 0.6 is 0 Å². The normalized spacial score (nSPS) is 13.1. The summed E-state index contributed by atoms with van der Waals surface area (Å²) in [5.74, 6) is 0.283. The standard InChI is InChI=1S/C6H12N2O2S/c1-5(2)3-6(4-8-7)11(9)10/h4-6,11H,3H2,1-2H3. The minimum atomic E-state index is -2.51. The van der Waals surface area contributed by atoms with E-state index in [1.165, 1.54) is 0 Å². The molecule has 0 aliphatic carbocycles. The van der Waals surface area contributed by atoms with Gasteiger partial charge in [-0.05, 0) is 12.3 Å². The third-order valence-electron chi connectivity index (χ3n) is 1.22. The molecule has 0 amide bonds. The number of rotatable bonds is 4. The van der Waals surface area contributed by atoms with Crippen LogP contribution in [0.25, 0.3) is 5.53 Å². The summed E-state index contributed by atoms with van der Waals surface area (Å²) in [5, 5.41) is -0.630. The summed E-state index contributed by atoms with van der Waals surface area (Å²) >= 11 is 0. The van der Waals surface area contributed by atoms with Gasteiger partial charge in [-0.15, -0.1) is 0 Å². The smallest absolute Gasteiger partial charge is 0.275 e. The lowest BCUT2D eigenvalue weighted by molar-refractivity contribution is 0.000922. The summed E-state index contributed by atoms with van der Waals surface area (Å²) in [6.07, 6.45) is 1.55. The van der Waals surface area contributed by atoms with Gasteiger partial charge in [0.25, 0.3) is 6.21 Å². The molecule has 0 saturated heterocycles. The van der Waals surface area contributed by atoms with Gasteiger partial charge in [-0.2, -0.15) is 4.79 Å². The maximum Gasteiger partial charge on any atom is 0.275 e. The Morgan fingerprint density at radius 1 is 1.55 bits per heavy atom. The van der Waals surface area contributed by atoms with Crippen molar-refractivity contribution in [3.63, 3.8) is 0 Å². The summed E-state index contributed by atoms with van der Waals surface area (Å²) in [6.45, 7) is 3.83. The molecule has 1 unspecified atom stereocenters. The van der Waals surface area contributed by atoms with Crippen LogP contribution in [0.15, 0.2) is 0 Å². The Labute approximate surface area is 67.8 Å². The molecule has 0 N–H and O–H groups in total. The van der Waals surface area contributed by atoms with Gasteiger partial charge >= 0.3 is 0 Å². The predicted octanol–water partition coefficient (Wildman–Crippen LogP) is 0.313. The first-order chi connectivity index (χ1) is 5.07. The van der Waals surface area contributed by atoms with E-state index in [-0.39, 0.29) is 5.92 Å². The number of hydrogen-bond donors (Lipinski definition) is 1. The molecule has 0 radical (unpaired) electrons. The number of thiol groups is 1. The fourth-order valence-electron chi connectivity index (χ4n) is 0.761. The number of hydrogen-bond acceptors (Lipinski definition) is 2. The maximum absolute atomic E-state index is 10.5. The molecule has 0 aliphatic heterocycles. The predicted molar refractivity (Wildman–Crippen MR) is 43.2 cm³/mol. The van der Waals surface area contributed by atoms with Crippen molar-refractivity contribution >= 4 is 16.9 Å². The van der Waals surface area contributed by atoms with E-state index in [1.54, 1.807) is 0 Å². The average Bonchev–Trinajstić information content (AvgIpc) is 1.86. The topological polar surface area (TPSA) is 70.5 Å². The van der Waals surface area contributed by atoms with Crippen molar-refractivity contribution in [2.24, 2.45) is 5.92 Å². The molecule has 0 aromatic rings. The molecule has 1 atom stereocenters. The van der Waals surface area contributed by atoms with Crippen LogP contribution in [0.4, 0.5) is 0 Å². The molecular weight excluding hydrogens is 164 g/mol. The molecule has 0 aliphatic rings. The maximum atomic E-state index is 10.5. The molecule has 0 heterocycles. The third kappa shape index (κ3) is 4.70. The monoisotopic (exact) mass is 176 g/mol. The second-order valence-electron chi connectivity index (χ2n) is 2.75. The van der Waals surface area contributed by atoms with E-state index in [0.717, 1.165) is 6.21 Å².